The van der Waals surface area contributed by atoms with Gasteiger partial charge in [-0.25, -0.2) is 4.79 Å². The average Bonchev–Trinajstić information content (AvgIpc) is 2.61. The Morgan fingerprint density at radius 1 is 0.920 bits per heavy atom. The Morgan fingerprint density at radius 2 is 1.60 bits per heavy atom. The summed E-state index contributed by atoms with van der Waals surface area (Å²) in [5, 5.41) is 1.49. The molecule has 0 N–H and O–H groups in total. The van der Waals surface area contributed by atoms with Gasteiger partial charge in [-0.2, -0.15) is 13.2 Å². The molecule has 0 fully saturated rings. The zero-order valence-electron chi connectivity index (χ0n) is 13.1. The molecule has 25 heavy (non-hydrogen) atoms. The molecule has 3 aromatic rings. The van der Waals surface area contributed by atoms with Gasteiger partial charge in [0.1, 0.15) is 17.1 Å². The molecule has 0 saturated heterocycles. The Hall–Kier alpha value is -3.02. The molecule has 3 aromatic carbocycles. The number of rotatable bonds is 3. The van der Waals surface area contributed by atoms with Crippen molar-refractivity contribution in [3.8, 4) is 11.5 Å². The number of carbonyl (C=O) groups excluding carboxylic acids is 1. The summed E-state index contributed by atoms with van der Waals surface area (Å²) in [4.78, 5) is 12.0. The maximum atomic E-state index is 12.7. The summed E-state index contributed by atoms with van der Waals surface area (Å²) in [5.74, 6) is -0.160. The molecule has 0 atom stereocenters. The third kappa shape index (κ3) is 3.42. The van der Waals surface area contributed by atoms with Crippen molar-refractivity contribution in [1.82, 2.24) is 0 Å². The maximum absolute atomic E-state index is 12.7. The van der Waals surface area contributed by atoms with Crippen LogP contribution in [0.4, 0.5) is 13.2 Å². The van der Waals surface area contributed by atoms with E-state index in [1.165, 1.54) is 19.2 Å². The Balaban J connectivity index is 2.06. The van der Waals surface area contributed by atoms with Crippen molar-refractivity contribution in [3.63, 3.8) is 0 Å². The Morgan fingerprint density at radius 3 is 2.24 bits per heavy atom. The summed E-state index contributed by atoms with van der Waals surface area (Å²) in [7, 11) is 1.25. The van der Waals surface area contributed by atoms with Crippen LogP contribution in [0.2, 0.25) is 0 Å². The first-order valence-corrected chi connectivity index (χ1v) is 7.35. The summed E-state index contributed by atoms with van der Waals surface area (Å²) in [5.41, 5.74) is -0.577. The summed E-state index contributed by atoms with van der Waals surface area (Å²) in [6.45, 7) is 0. The summed E-state index contributed by atoms with van der Waals surface area (Å²) < 4.78 is 48.5. The summed E-state index contributed by atoms with van der Waals surface area (Å²) in [6, 6.07) is 14.8. The van der Waals surface area contributed by atoms with Gasteiger partial charge in [-0.1, -0.05) is 30.3 Å². The molecule has 6 heteroatoms. The van der Waals surface area contributed by atoms with E-state index in [1.807, 2.05) is 12.1 Å². The zero-order valence-corrected chi connectivity index (χ0v) is 13.1. The first-order valence-electron chi connectivity index (χ1n) is 7.35. The van der Waals surface area contributed by atoms with E-state index in [4.69, 9.17) is 9.47 Å². The number of alkyl halides is 3. The highest BCUT2D eigenvalue weighted by Crippen LogP contribution is 2.36. The molecule has 0 unspecified atom stereocenters. The maximum Gasteiger partial charge on any atom is 0.416 e. The van der Waals surface area contributed by atoms with Gasteiger partial charge < -0.3 is 9.47 Å². The molecule has 0 aliphatic rings. The Labute approximate surface area is 141 Å². The summed E-state index contributed by atoms with van der Waals surface area (Å²) in [6.07, 6.45) is -4.42. The van der Waals surface area contributed by atoms with E-state index in [0.717, 1.165) is 17.5 Å². The average molecular weight is 346 g/mol. The number of hydrogen-bond donors (Lipinski definition) is 0. The monoisotopic (exact) mass is 346 g/mol. The standard InChI is InChI=1S/C19H13F3O3/c1-24-18(23)16-11-6-12-4-2-3-5-15(12)17(16)25-14-9-7-13(8-10-14)19(20,21)22/h2-11H,1H3. The third-order valence-corrected chi connectivity index (χ3v) is 3.69. The molecule has 3 nitrogen and oxygen atoms in total. The van der Waals surface area contributed by atoms with Crippen LogP contribution in [-0.4, -0.2) is 13.1 Å². The van der Waals surface area contributed by atoms with Gasteiger partial charge in [0.25, 0.3) is 0 Å². The van der Waals surface area contributed by atoms with Gasteiger partial charge in [-0.15, -0.1) is 0 Å². The minimum atomic E-state index is -4.42. The number of carbonyl (C=O) groups is 1. The van der Waals surface area contributed by atoms with Crippen molar-refractivity contribution in [3.05, 3.63) is 71.8 Å². The quantitative estimate of drug-likeness (QED) is 0.593. The molecule has 0 saturated carbocycles. The van der Waals surface area contributed by atoms with Crippen LogP contribution in [0.25, 0.3) is 10.8 Å². The van der Waals surface area contributed by atoms with Crippen molar-refractivity contribution in [2.75, 3.05) is 7.11 Å². The molecule has 128 valence electrons. The van der Waals surface area contributed by atoms with Crippen molar-refractivity contribution in [1.29, 1.82) is 0 Å². The molecule has 3 rings (SSSR count). The molecule has 0 aromatic heterocycles. The Bertz CT molecular complexity index is 915. The van der Waals surface area contributed by atoms with Gasteiger partial charge in [0.2, 0.25) is 0 Å². The zero-order chi connectivity index (χ0) is 18.0. The fourth-order valence-electron chi connectivity index (χ4n) is 2.45. The van der Waals surface area contributed by atoms with E-state index >= 15 is 0 Å². The lowest BCUT2D eigenvalue weighted by Gasteiger charge is -2.14. The van der Waals surface area contributed by atoms with Crippen LogP contribution in [0.3, 0.4) is 0 Å². The van der Waals surface area contributed by atoms with E-state index in [2.05, 4.69) is 0 Å². The highest BCUT2D eigenvalue weighted by molar-refractivity contribution is 6.01. The first-order chi connectivity index (χ1) is 11.9. The SMILES string of the molecule is COC(=O)c1ccc2ccccc2c1Oc1ccc(C(F)(F)F)cc1. The van der Waals surface area contributed by atoms with Gasteiger partial charge >= 0.3 is 12.1 Å². The molecule has 0 spiro atoms. The topological polar surface area (TPSA) is 35.5 Å². The third-order valence-electron chi connectivity index (χ3n) is 3.69. The number of fused-ring (bicyclic) bond motifs is 1. The Kier molecular flexibility index (Phi) is 4.35. The second-order valence-electron chi connectivity index (χ2n) is 5.28. The number of hydrogen-bond acceptors (Lipinski definition) is 3. The van der Waals surface area contributed by atoms with Gasteiger partial charge in [-0.3, -0.25) is 0 Å². The number of methoxy groups -OCH3 is 1. The van der Waals surface area contributed by atoms with E-state index in [9.17, 15) is 18.0 Å². The number of halogens is 3. The smallest absolute Gasteiger partial charge is 0.416 e. The molecule has 0 bridgehead atoms. The van der Waals surface area contributed by atoms with Crippen LogP contribution in [0, 0.1) is 0 Å². The van der Waals surface area contributed by atoms with Crippen LogP contribution in [-0.2, 0) is 10.9 Å². The van der Waals surface area contributed by atoms with Crippen molar-refractivity contribution in [2.45, 2.75) is 6.18 Å². The minimum absolute atomic E-state index is 0.189. The fourth-order valence-corrected chi connectivity index (χ4v) is 2.45. The predicted octanol–water partition coefficient (Wildman–Crippen LogP) is 5.44. The van der Waals surface area contributed by atoms with Crippen LogP contribution < -0.4 is 4.74 Å². The first kappa shape index (κ1) is 16.8. The van der Waals surface area contributed by atoms with E-state index in [0.29, 0.717) is 5.39 Å². The van der Waals surface area contributed by atoms with Crippen LogP contribution in [0.15, 0.2) is 60.7 Å². The summed E-state index contributed by atoms with van der Waals surface area (Å²) >= 11 is 0. The van der Waals surface area contributed by atoms with Crippen molar-refractivity contribution >= 4 is 16.7 Å². The lowest BCUT2D eigenvalue weighted by molar-refractivity contribution is -0.137. The second-order valence-corrected chi connectivity index (χ2v) is 5.28. The second kappa shape index (κ2) is 6.47. The molecule has 0 aliphatic carbocycles. The highest BCUT2D eigenvalue weighted by Gasteiger charge is 2.30. The molecule has 0 amide bonds. The predicted molar refractivity (Wildman–Crippen MR) is 86.8 cm³/mol. The largest absolute Gasteiger partial charge is 0.465 e. The molecule has 0 aliphatic heterocycles. The molecule has 0 heterocycles. The lowest BCUT2D eigenvalue weighted by Crippen LogP contribution is -2.05. The normalized spacial score (nSPS) is 11.4. The van der Waals surface area contributed by atoms with Gasteiger partial charge in [0.05, 0.1) is 12.7 Å². The van der Waals surface area contributed by atoms with E-state index < -0.39 is 17.7 Å². The molecule has 0 radical (unpaired) electrons. The van der Waals surface area contributed by atoms with Crippen LogP contribution in [0.1, 0.15) is 15.9 Å². The van der Waals surface area contributed by atoms with E-state index in [1.54, 1.807) is 24.3 Å². The van der Waals surface area contributed by atoms with Gasteiger partial charge in [0.15, 0.2) is 0 Å². The van der Waals surface area contributed by atoms with Crippen LogP contribution >= 0.6 is 0 Å². The number of esters is 1. The van der Waals surface area contributed by atoms with Crippen molar-refractivity contribution in [2.24, 2.45) is 0 Å². The molecular weight excluding hydrogens is 333 g/mol. The highest BCUT2D eigenvalue weighted by atomic mass is 19.4. The molecular formula is C19H13F3O3. The minimum Gasteiger partial charge on any atom is -0.465 e. The van der Waals surface area contributed by atoms with E-state index in [-0.39, 0.29) is 17.1 Å². The van der Waals surface area contributed by atoms with Crippen LogP contribution in [0.5, 0.6) is 11.5 Å². The number of ether oxygens (including phenoxy) is 2. The van der Waals surface area contributed by atoms with Crippen molar-refractivity contribution < 1.29 is 27.4 Å². The van der Waals surface area contributed by atoms with Gasteiger partial charge in [-0.05, 0) is 35.7 Å². The lowest BCUT2D eigenvalue weighted by atomic mass is 10.1. The van der Waals surface area contributed by atoms with Gasteiger partial charge in [0, 0.05) is 5.39 Å². The fraction of sp³-hybridized carbons (Fsp3) is 0.105. The number of benzene rings is 3.